The second-order valence-electron chi connectivity index (χ2n) is 5.77. The number of carboxylic acid groups (broad SMARTS) is 1. The Morgan fingerprint density at radius 3 is 2.50 bits per heavy atom. The predicted molar refractivity (Wildman–Crippen MR) is 92.2 cm³/mol. The van der Waals surface area contributed by atoms with Crippen molar-refractivity contribution in [2.45, 2.75) is 13.5 Å². The van der Waals surface area contributed by atoms with Crippen molar-refractivity contribution < 1.29 is 14.7 Å². The monoisotopic (exact) mass is 322 g/mol. The van der Waals surface area contributed by atoms with Crippen LogP contribution in [0, 0.1) is 6.92 Å². The van der Waals surface area contributed by atoms with Crippen molar-refractivity contribution in [3.05, 3.63) is 70.9 Å². The molecule has 0 aliphatic rings. The molecular formula is C19H18N2O3. The minimum Gasteiger partial charge on any atom is -0.478 e. The maximum absolute atomic E-state index is 12.3. The predicted octanol–water partition coefficient (Wildman–Crippen LogP) is 3.11. The summed E-state index contributed by atoms with van der Waals surface area (Å²) in [6.07, 6.45) is 0. The number of benzene rings is 2. The van der Waals surface area contributed by atoms with E-state index in [1.165, 1.54) is 17.8 Å². The van der Waals surface area contributed by atoms with Crippen molar-refractivity contribution in [1.29, 1.82) is 0 Å². The third kappa shape index (κ3) is 2.88. The van der Waals surface area contributed by atoms with Crippen LogP contribution in [0.25, 0.3) is 10.9 Å². The summed E-state index contributed by atoms with van der Waals surface area (Å²) < 4.78 is 2.11. The number of carboxylic acids is 1. The molecule has 3 aromatic rings. The maximum Gasteiger partial charge on any atom is 0.336 e. The van der Waals surface area contributed by atoms with E-state index in [0.29, 0.717) is 6.54 Å². The van der Waals surface area contributed by atoms with Crippen LogP contribution in [-0.4, -0.2) is 21.6 Å². The lowest BCUT2D eigenvalue weighted by molar-refractivity contribution is 0.0691. The number of hydrogen-bond acceptors (Lipinski definition) is 2. The molecule has 0 unspecified atom stereocenters. The molecule has 122 valence electrons. The highest BCUT2D eigenvalue weighted by atomic mass is 16.4. The molecule has 0 saturated carbocycles. The van der Waals surface area contributed by atoms with Crippen molar-refractivity contribution in [3.63, 3.8) is 0 Å². The summed E-state index contributed by atoms with van der Waals surface area (Å²) in [4.78, 5) is 23.5. The quantitative estimate of drug-likeness (QED) is 0.775. The van der Waals surface area contributed by atoms with Crippen LogP contribution >= 0.6 is 0 Å². The fourth-order valence-electron chi connectivity index (χ4n) is 2.79. The number of aromatic carboxylic acids is 1. The van der Waals surface area contributed by atoms with Crippen LogP contribution in [0.5, 0.6) is 0 Å². The molecule has 0 spiro atoms. The maximum atomic E-state index is 12.3. The van der Waals surface area contributed by atoms with E-state index in [-0.39, 0.29) is 11.1 Å². The van der Waals surface area contributed by atoms with Gasteiger partial charge in [0.2, 0.25) is 0 Å². The SMILES string of the molecule is Cc1cc2cc(CNC(=O)c3ccccc3C(=O)O)ccc2n1C. The highest BCUT2D eigenvalue weighted by Crippen LogP contribution is 2.20. The van der Waals surface area contributed by atoms with Crippen molar-refractivity contribution in [3.8, 4) is 0 Å². The van der Waals surface area contributed by atoms with E-state index in [0.717, 1.165) is 16.5 Å². The van der Waals surface area contributed by atoms with Gasteiger partial charge in [0.25, 0.3) is 5.91 Å². The fraction of sp³-hybridized carbons (Fsp3) is 0.158. The number of aromatic nitrogens is 1. The van der Waals surface area contributed by atoms with Crippen LogP contribution in [0.4, 0.5) is 0 Å². The van der Waals surface area contributed by atoms with Crippen LogP contribution in [0.2, 0.25) is 0 Å². The lowest BCUT2D eigenvalue weighted by Gasteiger charge is -2.08. The number of aryl methyl sites for hydroxylation is 2. The Balaban J connectivity index is 1.78. The van der Waals surface area contributed by atoms with E-state index >= 15 is 0 Å². The summed E-state index contributed by atoms with van der Waals surface area (Å²) in [5, 5.41) is 13.1. The normalized spacial score (nSPS) is 10.8. The molecular weight excluding hydrogens is 304 g/mol. The zero-order valence-corrected chi connectivity index (χ0v) is 13.5. The van der Waals surface area contributed by atoms with Crippen LogP contribution in [-0.2, 0) is 13.6 Å². The zero-order chi connectivity index (χ0) is 17.3. The molecule has 3 rings (SSSR count). The van der Waals surface area contributed by atoms with Gasteiger partial charge in [-0.2, -0.15) is 0 Å². The number of amides is 1. The molecule has 1 amide bonds. The van der Waals surface area contributed by atoms with E-state index in [9.17, 15) is 9.59 Å². The Hall–Kier alpha value is -3.08. The molecule has 5 heteroatoms. The summed E-state index contributed by atoms with van der Waals surface area (Å²) in [5.41, 5.74) is 3.44. The first-order valence-electron chi connectivity index (χ1n) is 7.63. The van der Waals surface area contributed by atoms with Crippen LogP contribution in [0.15, 0.2) is 48.5 Å². The van der Waals surface area contributed by atoms with Gasteiger partial charge in [0.15, 0.2) is 0 Å². The molecule has 0 aliphatic heterocycles. The Labute approximate surface area is 139 Å². The Kier molecular flexibility index (Phi) is 4.08. The second-order valence-corrected chi connectivity index (χ2v) is 5.77. The Morgan fingerprint density at radius 1 is 1.08 bits per heavy atom. The van der Waals surface area contributed by atoms with Gasteiger partial charge in [-0.15, -0.1) is 0 Å². The smallest absolute Gasteiger partial charge is 0.336 e. The number of carbonyl (C=O) groups excluding carboxylic acids is 1. The average molecular weight is 322 g/mol. The number of carbonyl (C=O) groups is 2. The van der Waals surface area contributed by atoms with E-state index in [1.807, 2.05) is 32.2 Å². The number of fused-ring (bicyclic) bond motifs is 1. The van der Waals surface area contributed by atoms with Crippen LogP contribution < -0.4 is 5.32 Å². The molecule has 5 nitrogen and oxygen atoms in total. The topological polar surface area (TPSA) is 71.3 Å². The first-order chi connectivity index (χ1) is 11.5. The minimum absolute atomic E-state index is 0.00383. The Morgan fingerprint density at radius 2 is 1.79 bits per heavy atom. The first kappa shape index (κ1) is 15.8. The number of rotatable bonds is 4. The number of nitrogens with zero attached hydrogens (tertiary/aromatic N) is 1. The molecule has 2 aromatic carbocycles. The summed E-state index contributed by atoms with van der Waals surface area (Å²) in [6, 6.07) is 14.3. The van der Waals surface area contributed by atoms with Gasteiger partial charge < -0.3 is 15.0 Å². The fourth-order valence-corrected chi connectivity index (χ4v) is 2.79. The van der Waals surface area contributed by atoms with Gasteiger partial charge in [-0.25, -0.2) is 4.79 Å². The third-order valence-electron chi connectivity index (χ3n) is 4.20. The minimum atomic E-state index is -1.11. The third-order valence-corrected chi connectivity index (χ3v) is 4.20. The van der Waals surface area contributed by atoms with Crippen LogP contribution in [0.3, 0.4) is 0 Å². The number of nitrogens with one attached hydrogen (secondary N) is 1. The average Bonchev–Trinajstić information content (AvgIpc) is 2.86. The first-order valence-corrected chi connectivity index (χ1v) is 7.63. The zero-order valence-electron chi connectivity index (χ0n) is 13.5. The van der Waals surface area contributed by atoms with Crippen molar-refractivity contribution in [2.24, 2.45) is 7.05 Å². The molecule has 24 heavy (non-hydrogen) atoms. The standard InChI is InChI=1S/C19H18N2O3/c1-12-9-14-10-13(7-8-17(14)21(12)2)11-20-18(22)15-5-3-4-6-16(15)19(23)24/h3-10H,11H2,1-2H3,(H,20,22)(H,23,24). The lowest BCUT2D eigenvalue weighted by atomic mass is 10.1. The Bertz CT molecular complexity index is 941. The molecule has 1 aromatic heterocycles. The molecule has 0 atom stereocenters. The lowest BCUT2D eigenvalue weighted by Crippen LogP contribution is -2.24. The summed E-state index contributed by atoms with van der Waals surface area (Å²) in [7, 11) is 2.02. The van der Waals surface area contributed by atoms with Crippen molar-refractivity contribution in [2.75, 3.05) is 0 Å². The van der Waals surface area contributed by atoms with Crippen molar-refractivity contribution in [1.82, 2.24) is 9.88 Å². The van der Waals surface area contributed by atoms with E-state index in [2.05, 4.69) is 16.0 Å². The molecule has 2 N–H and O–H groups in total. The van der Waals surface area contributed by atoms with Gasteiger partial charge in [-0.1, -0.05) is 18.2 Å². The van der Waals surface area contributed by atoms with Gasteiger partial charge in [-0.05, 0) is 42.8 Å². The highest BCUT2D eigenvalue weighted by molar-refractivity contribution is 6.04. The summed E-state index contributed by atoms with van der Waals surface area (Å²) >= 11 is 0. The van der Waals surface area contributed by atoms with Gasteiger partial charge in [-0.3, -0.25) is 4.79 Å². The highest BCUT2D eigenvalue weighted by Gasteiger charge is 2.15. The second kappa shape index (κ2) is 6.20. The number of hydrogen-bond donors (Lipinski definition) is 2. The van der Waals surface area contributed by atoms with Gasteiger partial charge in [0, 0.05) is 30.2 Å². The van der Waals surface area contributed by atoms with E-state index in [1.54, 1.807) is 12.1 Å². The molecule has 0 aliphatic carbocycles. The molecule has 0 bridgehead atoms. The van der Waals surface area contributed by atoms with E-state index in [4.69, 9.17) is 5.11 Å². The van der Waals surface area contributed by atoms with Gasteiger partial charge >= 0.3 is 5.97 Å². The van der Waals surface area contributed by atoms with E-state index < -0.39 is 11.9 Å². The molecule has 0 radical (unpaired) electrons. The molecule has 0 fully saturated rings. The summed E-state index contributed by atoms with van der Waals surface area (Å²) in [6.45, 7) is 2.39. The largest absolute Gasteiger partial charge is 0.478 e. The molecule has 0 saturated heterocycles. The summed E-state index contributed by atoms with van der Waals surface area (Å²) in [5.74, 6) is -1.50. The van der Waals surface area contributed by atoms with Gasteiger partial charge in [0.1, 0.15) is 0 Å². The van der Waals surface area contributed by atoms with Crippen molar-refractivity contribution >= 4 is 22.8 Å². The van der Waals surface area contributed by atoms with Crippen LogP contribution in [0.1, 0.15) is 32.0 Å². The van der Waals surface area contributed by atoms with Gasteiger partial charge in [0.05, 0.1) is 11.1 Å². The molecule has 1 heterocycles.